The predicted molar refractivity (Wildman–Crippen MR) is 112 cm³/mol. The Kier molecular flexibility index (Phi) is 6.33. The van der Waals surface area contributed by atoms with E-state index in [4.69, 9.17) is 0 Å². The number of rotatable bonds is 7. The number of hydrogen-bond donors (Lipinski definition) is 2. The average Bonchev–Trinajstić information content (AvgIpc) is 3.44. The summed E-state index contributed by atoms with van der Waals surface area (Å²) >= 11 is 2.85. The Morgan fingerprint density at radius 3 is 2.73 bits per heavy atom. The van der Waals surface area contributed by atoms with Crippen LogP contribution in [0.1, 0.15) is 47.8 Å². The zero-order valence-corrected chi connectivity index (χ0v) is 17.9. The molecule has 4 rings (SSSR count). The lowest BCUT2D eigenvalue weighted by atomic mass is 10.0. The van der Waals surface area contributed by atoms with Gasteiger partial charge in [0.15, 0.2) is 0 Å². The summed E-state index contributed by atoms with van der Waals surface area (Å²) in [7, 11) is 0. The van der Waals surface area contributed by atoms with Gasteiger partial charge in [-0.3, -0.25) is 9.59 Å². The molecule has 1 aliphatic carbocycles. The largest absolute Gasteiger partial charge is 0.301 e. The first-order chi connectivity index (χ1) is 14.5. The third-order valence-corrected chi connectivity index (χ3v) is 6.64. The summed E-state index contributed by atoms with van der Waals surface area (Å²) in [5.74, 6) is 0.511. The van der Waals surface area contributed by atoms with Crippen molar-refractivity contribution in [3.05, 3.63) is 34.3 Å². The van der Waals surface area contributed by atoms with Crippen LogP contribution in [-0.2, 0) is 22.4 Å². The number of amides is 2. The molecule has 2 N–H and O–H groups in total. The van der Waals surface area contributed by atoms with E-state index in [0.717, 1.165) is 35.7 Å². The molecule has 0 radical (unpaired) electrons. The minimum atomic E-state index is -0.174. The van der Waals surface area contributed by atoms with Gasteiger partial charge in [0.1, 0.15) is 16.3 Å². The zero-order chi connectivity index (χ0) is 20.9. The van der Waals surface area contributed by atoms with Crippen LogP contribution in [0.25, 0.3) is 0 Å². The lowest BCUT2D eigenvalue weighted by molar-refractivity contribution is -0.116. The van der Waals surface area contributed by atoms with Crippen molar-refractivity contribution in [1.82, 2.24) is 30.4 Å². The maximum atomic E-state index is 12.2. The Labute approximate surface area is 180 Å². The second-order valence-electron chi connectivity index (χ2n) is 7.13. The lowest BCUT2D eigenvalue weighted by Gasteiger charge is -2.06. The second kappa shape index (κ2) is 9.30. The van der Waals surface area contributed by atoms with Gasteiger partial charge in [-0.05, 0) is 31.2 Å². The molecule has 1 unspecified atom stereocenters. The molecule has 10 nitrogen and oxygen atoms in total. The third kappa shape index (κ3) is 5.39. The van der Waals surface area contributed by atoms with Crippen molar-refractivity contribution in [2.45, 2.75) is 44.9 Å². The van der Waals surface area contributed by atoms with Crippen LogP contribution in [0.5, 0.6) is 0 Å². The molecule has 3 aromatic heterocycles. The first kappa shape index (κ1) is 20.4. The lowest BCUT2D eigenvalue weighted by Crippen LogP contribution is -2.15. The minimum absolute atomic E-state index is 0.144. The number of aromatic nitrogens is 6. The Balaban J connectivity index is 1.28. The highest BCUT2D eigenvalue weighted by Crippen LogP contribution is 2.41. The molecule has 0 aromatic carbocycles. The maximum Gasteiger partial charge on any atom is 0.232 e. The zero-order valence-electron chi connectivity index (χ0n) is 16.2. The molecule has 3 heterocycles. The van der Waals surface area contributed by atoms with Gasteiger partial charge < -0.3 is 10.6 Å². The van der Waals surface area contributed by atoms with Gasteiger partial charge in [0.2, 0.25) is 22.1 Å². The average molecular weight is 445 g/mol. The smallest absolute Gasteiger partial charge is 0.232 e. The first-order valence-corrected chi connectivity index (χ1v) is 11.2. The molecule has 12 heteroatoms. The summed E-state index contributed by atoms with van der Waals surface area (Å²) in [5.41, 5.74) is 0.657. The minimum Gasteiger partial charge on any atom is -0.301 e. The summed E-state index contributed by atoms with van der Waals surface area (Å²) < 4.78 is 0. The van der Waals surface area contributed by atoms with E-state index >= 15 is 0 Å². The number of anilines is 2. The second-order valence-corrected chi connectivity index (χ2v) is 9.20. The molecule has 0 spiro atoms. The molecular formula is C18H20N8O2S2. The van der Waals surface area contributed by atoms with Crippen LogP contribution in [0.2, 0.25) is 0 Å². The van der Waals surface area contributed by atoms with Crippen molar-refractivity contribution in [3.8, 4) is 0 Å². The molecule has 1 fully saturated rings. The highest BCUT2D eigenvalue weighted by molar-refractivity contribution is 7.15. The number of carbonyl (C=O) groups is 2. The SMILES string of the molecule is CC(=O)Nc1nnc(CC2CC[C@H](c3nnc(NC(=O)Cc4ccncn4)s3)C2)s1. The summed E-state index contributed by atoms with van der Waals surface area (Å²) in [5, 5.41) is 25.0. The Bertz CT molecular complexity index is 1020. The molecule has 2 amide bonds. The van der Waals surface area contributed by atoms with Gasteiger partial charge in [-0.1, -0.05) is 22.7 Å². The molecular weight excluding hydrogens is 424 g/mol. The van der Waals surface area contributed by atoms with Crippen molar-refractivity contribution >= 4 is 44.8 Å². The first-order valence-electron chi connectivity index (χ1n) is 9.53. The Hall–Kier alpha value is -2.86. The fraction of sp³-hybridized carbons (Fsp3) is 0.444. The fourth-order valence-electron chi connectivity index (χ4n) is 3.47. The van der Waals surface area contributed by atoms with E-state index in [-0.39, 0.29) is 18.2 Å². The summed E-state index contributed by atoms with van der Waals surface area (Å²) in [6, 6.07) is 1.71. The molecule has 0 bridgehead atoms. The monoisotopic (exact) mass is 444 g/mol. The van der Waals surface area contributed by atoms with Crippen LogP contribution in [0.3, 0.4) is 0 Å². The highest BCUT2D eigenvalue weighted by Gasteiger charge is 2.29. The predicted octanol–water partition coefficient (Wildman–Crippen LogP) is 2.45. The van der Waals surface area contributed by atoms with E-state index in [1.807, 2.05) is 0 Å². The van der Waals surface area contributed by atoms with Gasteiger partial charge >= 0.3 is 0 Å². The maximum absolute atomic E-state index is 12.2. The van der Waals surface area contributed by atoms with Crippen LogP contribution in [0.15, 0.2) is 18.6 Å². The van der Waals surface area contributed by atoms with Crippen LogP contribution in [-0.4, -0.2) is 42.2 Å². The Morgan fingerprint density at radius 1 is 1.10 bits per heavy atom. The topological polar surface area (TPSA) is 136 Å². The van der Waals surface area contributed by atoms with Crippen LogP contribution < -0.4 is 10.6 Å². The van der Waals surface area contributed by atoms with Crippen molar-refractivity contribution in [2.24, 2.45) is 5.92 Å². The normalized spacial score (nSPS) is 18.3. The highest BCUT2D eigenvalue weighted by atomic mass is 32.1. The van der Waals surface area contributed by atoms with Gasteiger partial charge in [0.25, 0.3) is 0 Å². The van der Waals surface area contributed by atoms with Crippen molar-refractivity contribution < 1.29 is 9.59 Å². The third-order valence-electron chi connectivity index (χ3n) is 4.78. The number of carbonyl (C=O) groups excluding carboxylic acids is 2. The summed E-state index contributed by atoms with van der Waals surface area (Å²) in [6.07, 6.45) is 7.15. The molecule has 1 aliphatic rings. The van der Waals surface area contributed by atoms with E-state index in [1.165, 1.54) is 35.9 Å². The van der Waals surface area contributed by atoms with Gasteiger partial charge in [-0.2, -0.15) is 0 Å². The molecule has 1 saturated carbocycles. The molecule has 156 valence electrons. The van der Waals surface area contributed by atoms with E-state index in [1.54, 1.807) is 12.3 Å². The van der Waals surface area contributed by atoms with Crippen molar-refractivity contribution in [2.75, 3.05) is 10.6 Å². The van der Waals surface area contributed by atoms with E-state index < -0.39 is 0 Å². The summed E-state index contributed by atoms with van der Waals surface area (Å²) in [4.78, 5) is 31.2. The Morgan fingerprint density at radius 2 is 1.93 bits per heavy atom. The van der Waals surface area contributed by atoms with Crippen molar-refractivity contribution in [3.63, 3.8) is 0 Å². The van der Waals surface area contributed by atoms with E-state index in [2.05, 4.69) is 41.0 Å². The van der Waals surface area contributed by atoms with Crippen molar-refractivity contribution in [1.29, 1.82) is 0 Å². The van der Waals surface area contributed by atoms with Gasteiger partial charge in [0.05, 0.1) is 12.1 Å². The van der Waals surface area contributed by atoms with Crippen LogP contribution in [0, 0.1) is 5.92 Å². The fourth-order valence-corrected chi connectivity index (χ4v) is 5.28. The van der Waals surface area contributed by atoms with Crippen LogP contribution >= 0.6 is 22.7 Å². The van der Waals surface area contributed by atoms with E-state index in [9.17, 15) is 9.59 Å². The van der Waals surface area contributed by atoms with Gasteiger partial charge in [-0.25, -0.2) is 9.97 Å². The molecule has 2 atom stereocenters. The van der Waals surface area contributed by atoms with Gasteiger partial charge in [-0.15, -0.1) is 20.4 Å². The molecule has 0 aliphatic heterocycles. The number of nitrogens with one attached hydrogen (secondary N) is 2. The number of hydrogen-bond acceptors (Lipinski definition) is 10. The van der Waals surface area contributed by atoms with Crippen LogP contribution in [0.4, 0.5) is 10.3 Å². The standard InChI is InChI=1S/C18H20N8O2S2/c1-10(27)21-17-25-23-15(29-17)7-11-2-3-12(6-11)16-24-26-18(30-16)22-14(28)8-13-4-5-19-9-20-13/h4-5,9,11-12H,2-3,6-8H2,1H3,(H,21,25,27)(H,22,26,28)/t11?,12-/m0/s1. The molecule has 0 saturated heterocycles. The summed E-state index contributed by atoms with van der Waals surface area (Å²) in [6.45, 7) is 1.46. The molecule has 3 aromatic rings. The van der Waals surface area contributed by atoms with E-state index in [0.29, 0.717) is 27.8 Å². The number of nitrogens with zero attached hydrogens (tertiary/aromatic N) is 6. The molecule has 30 heavy (non-hydrogen) atoms. The van der Waals surface area contributed by atoms with Gasteiger partial charge in [0, 0.05) is 25.5 Å². The quantitative estimate of drug-likeness (QED) is 0.567.